The van der Waals surface area contributed by atoms with E-state index in [1.54, 1.807) is 42.6 Å². The van der Waals surface area contributed by atoms with Crippen molar-refractivity contribution in [2.24, 2.45) is 5.92 Å². The number of Topliss-reactive ketones (excluding diaryl/α,β-unsaturated/α-hetero) is 1. The van der Waals surface area contributed by atoms with E-state index >= 15 is 0 Å². The second-order valence-electron chi connectivity index (χ2n) is 11.7. The number of carbonyl (C=O) groups excluding carboxylic acids is 2. The molecule has 2 fully saturated rings. The van der Waals surface area contributed by atoms with Crippen LogP contribution in [0.3, 0.4) is 0 Å². The second kappa shape index (κ2) is 12.4. The lowest BCUT2D eigenvalue weighted by molar-refractivity contribution is -0.0885. The fourth-order valence-electron chi connectivity index (χ4n) is 6.31. The van der Waals surface area contributed by atoms with Crippen LogP contribution in [-0.4, -0.2) is 69.5 Å². The lowest BCUT2D eigenvalue weighted by atomic mass is 9.81. The number of ketones is 1. The van der Waals surface area contributed by atoms with Gasteiger partial charge in [0.1, 0.15) is 11.9 Å². The van der Waals surface area contributed by atoms with Gasteiger partial charge in [0.15, 0.2) is 0 Å². The molecule has 3 heterocycles. The lowest BCUT2D eigenvalue weighted by Gasteiger charge is -2.49. The van der Waals surface area contributed by atoms with E-state index in [0.29, 0.717) is 30.1 Å². The number of halogens is 3. The number of aromatic nitrogens is 1. The van der Waals surface area contributed by atoms with E-state index in [1.807, 2.05) is 24.0 Å². The summed E-state index contributed by atoms with van der Waals surface area (Å²) in [6.45, 7) is 6.86. The van der Waals surface area contributed by atoms with E-state index in [9.17, 15) is 27.9 Å². The van der Waals surface area contributed by atoms with Crippen molar-refractivity contribution in [2.75, 3.05) is 26.2 Å². The molecule has 0 aliphatic carbocycles. The molecule has 0 spiro atoms. The van der Waals surface area contributed by atoms with Crippen LogP contribution in [0.5, 0.6) is 11.6 Å². The number of amides is 1. The zero-order chi connectivity index (χ0) is 30.8. The predicted molar refractivity (Wildman–Crippen MR) is 155 cm³/mol. The molecule has 2 aliphatic heterocycles. The largest absolute Gasteiger partial charge is 0.507 e. The monoisotopic (exact) mass is 595 g/mol. The van der Waals surface area contributed by atoms with Gasteiger partial charge in [0.05, 0.1) is 5.56 Å². The Kier molecular flexibility index (Phi) is 8.78. The molecule has 1 atom stereocenters. The van der Waals surface area contributed by atoms with Gasteiger partial charge >= 0.3 is 6.18 Å². The first kappa shape index (κ1) is 30.5. The van der Waals surface area contributed by atoms with Crippen molar-refractivity contribution in [2.45, 2.75) is 57.3 Å². The number of rotatable bonds is 7. The molecule has 228 valence electrons. The minimum Gasteiger partial charge on any atom is -0.507 e. The first-order valence-electron chi connectivity index (χ1n) is 14.6. The molecule has 3 aromatic rings. The molecule has 2 aromatic carbocycles. The molecule has 0 radical (unpaired) electrons. The Morgan fingerprint density at radius 1 is 0.977 bits per heavy atom. The third-order valence-electron chi connectivity index (χ3n) is 8.97. The Bertz CT molecular complexity index is 1410. The average Bonchev–Trinajstić information content (AvgIpc) is 3.00. The smallest absolute Gasteiger partial charge is 0.454 e. The number of aryl methyl sites for hydroxylation is 1. The van der Waals surface area contributed by atoms with Crippen LogP contribution in [0.4, 0.5) is 13.2 Å². The first-order valence-corrected chi connectivity index (χ1v) is 14.6. The molecular formula is C33H36F3N3O4. The summed E-state index contributed by atoms with van der Waals surface area (Å²) in [6.07, 6.45) is -0.539. The van der Waals surface area contributed by atoms with Gasteiger partial charge in [0, 0.05) is 42.4 Å². The second-order valence-corrected chi connectivity index (χ2v) is 11.7. The van der Waals surface area contributed by atoms with Gasteiger partial charge in [0.2, 0.25) is 5.88 Å². The number of benzene rings is 2. The molecule has 1 N–H and O–H groups in total. The van der Waals surface area contributed by atoms with Crippen LogP contribution in [0.25, 0.3) is 0 Å². The van der Waals surface area contributed by atoms with Crippen molar-refractivity contribution in [3.05, 3.63) is 89.1 Å². The number of phenolic OH excluding ortho intramolecular Hbond substituents is 1. The normalized spacial score (nSPS) is 18.7. The van der Waals surface area contributed by atoms with Crippen LogP contribution in [0.1, 0.15) is 70.6 Å². The quantitative estimate of drug-likeness (QED) is 0.320. The fraction of sp³-hybridized carbons (Fsp3) is 0.424. The number of piperidine rings is 2. The predicted octanol–water partition coefficient (Wildman–Crippen LogP) is 6.37. The number of likely N-dealkylation sites (tertiary alicyclic amines) is 2. The third kappa shape index (κ3) is 6.69. The summed E-state index contributed by atoms with van der Waals surface area (Å²) in [4.78, 5) is 33.5. The molecule has 1 aromatic heterocycles. The minimum atomic E-state index is -4.93. The van der Waals surface area contributed by atoms with E-state index in [-0.39, 0.29) is 23.1 Å². The first-order chi connectivity index (χ1) is 20.5. The molecule has 0 bridgehead atoms. The number of hydrogen-bond donors (Lipinski definition) is 1. The highest BCUT2D eigenvalue weighted by molar-refractivity contribution is 6.00. The summed E-state index contributed by atoms with van der Waals surface area (Å²) < 4.78 is 45.2. The fourth-order valence-corrected chi connectivity index (χ4v) is 6.31. The number of hydrogen-bond acceptors (Lipinski definition) is 6. The Labute approximate surface area is 249 Å². The number of aromatic hydroxyl groups is 1. The number of alkyl halides is 3. The van der Waals surface area contributed by atoms with Gasteiger partial charge in [-0.05, 0) is 75.9 Å². The number of pyridine rings is 1. The number of nitrogens with zero attached hydrogens (tertiary/aromatic N) is 3. The molecule has 10 heteroatoms. The van der Waals surface area contributed by atoms with Crippen LogP contribution in [0.15, 0.2) is 66.9 Å². The van der Waals surface area contributed by atoms with E-state index in [0.717, 1.165) is 44.3 Å². The zero-order valence-electron chi connectivity index (χ0n) is 24.3. The van der Waals surface area contributed by atoms with Gasteiger partial charge in [0.25, 0.3) is 11.7 Å². The molecule has 7 nitrogen and oxygen atoms in total. The maximum atomic E-state index is 13.2. The minimum absolute atomic E-state index is 0.00414. The zero-order valence-corrected chi connectivity index (χ0v) is 24.3. The van der Waals surface area contributed by atoms with Crippen LogP contribution >= 0.6 is 0 Å². The summed E-state index contributed by atoms with van der Waals surface area (Å²) in [5, 5.41) is 10.3. The molecule has 1 amide bonds. The lowest BCUT2D eigenvalue weighted by Crippen LogP contribution is -2.56. The van der Waals surface area contributed by atoms with Crippen LogP contribution in [0.2, 0.25) is 0 Å². The van der Waals surface area contributed by atoms with Crippen molar-refractivity contribution in [1.29, 1.82) is 0 Å². The average molecular weight is 596 g/mol. The molecule has 2 saturated heterocycles. The van der Waals surface area contributed by atoms with Gasteiger partial charge in [-0.1, -0.05) is 42.5 Å². The molecule has 43 heavy (non-hydrogen) atoms. The molecule has 0 saturated carbocycles. The summed E-state index contributed by atoms with van der Waals surface area (Å²) >= 11 is 0. The van der Waals surface area contributed by atoms with Crippen molar-refractivity contribution >= 4 is 11.7 Å². The van der Waals surface area contributed by atoms with Gasteiger partial charge in [-0.25, -0.2) is 4.98 Å². The number of carbonyl (C=O) groups is 2. The maximum absolute atomic E-state index is 13.2. The summed E-state index contributed by atoms with van der Waals surface area (Å²) in [6, 6.07) is 15.9. The van der Waals surface area contributed by atoms with Crippen LogP contribution in [0, 0.1) is 12.8 Å². The SMILES string of the molecule is Cc1cccc(O)c1C(=O)N1CCC(C)(N2CCC(C(Oc3ccccn3)c3ccc(C(=O)C(F)(F)F)cc3)CC2)CC1. The Morgan fingerprint density at radius 2 is 1.65 bits per heavy atom. The van der Waals surface area contributed by atoms with E-state index in [4.69, 9.17) is 4.74 Å². The van der Waals surface area contributed by atoms with Crippen LogP contribution < -0.4 is 4.74 Å². The highest BCUT2D eigenvalue weighted by Crippen LogP contribution is 2.39. The van der Waals surface area contributed by atoms with Gasteiger partial charge < -0.3 is 14.7 Å². The molecule has 1 unspecified atom stereocenters. The highest BCUT2D eigenvalue weighted by Gasteiger charge is 2.41. The highest BCUT2D eigenvalue weighted by atomic mass is 19.4. The van der Waals surface area contributed by atoms with Gasteiger partial charge in [-0.3, -0.25) is 14.5 Å². The Morgan fingerprint density at radius 3 is 2.23 bits per heavy atom. The Hall–Kier alpha value is -3.92. The molecule has 2 aliphatic rings. The number of ether oxygens (including phenoxy) is 1. The van der Waals surface area contributed by atoms with Gasteiger partial charge in [-0.15, -0.1) is 0 Å². The van der Waals surface area contributed by atoms with E-state index in [2.05, 4.69) is 16.8 Å². The summed E-state index contributed by atoms with van der Waals surface area (Å²) in [5.41, 5.74) is 1.32. The Balaban J connectivity index is 1.25. The summed E-state index contributed by atoms with van der Waals surface area (Å²) in [5.74, 6) is -1.50. The maximum Gasteiger partial charge on any atom is 0.454 e. The van der Waals surface area contributed by atoms with Crippen LogP contribution in [-0.2, 0) is 0 Å². The van der Waals surface area contributed by atoms with Crippen molar-refractivity contribution in [3.8, 4) is 11.6 Å². The van der Waals surface area contributed by atoms with Gasteiger partial charge in [-0.2, -0.15) is 13.2 Å². The summed E-state index contributed by atoms with van der Waals surface area (Å²) in [7, 11) is 0. The topological polar surface area (TPSA) is 83.0 Å². The number of phenols is 1. The third-order valence-corrected chi connectivity index (χ3v) is 8.97. The van der Waals surface area contributed by atoms with E-state index in [1.165, 1.54) is 12.1 Å². The molecule has 5 rings (SSSR count). The van der Waals surface area contributed by atoms with Crippen molar-refractivity contribution < 1.29 is 32.6 Å². The van der Waals surface area contributed by atoms with Crippen molar-refractivity contribution in [3.63, 3.8) is 0 Å². The van der Waals surface area contributed by atoms with E-state index < -0.39 is 23.6 Å². The standard InChI is InChI=1S/C33H36F3N3O4/c1-22-6-5-7-26(40)28(22)31(42)38-20-15-32(2,16-21-38)39-18-13-24(14-19-39)29(43-27-8-3-4-17-37-27)23-9-11-25(12-10-23)30(41)33(34,35)36/h3-12,17,24,29,40H,13-16,18-21H2,1-2H3. The van der Waals surface area contributed by atoms with Crippen molar-refractivity contribution in [1.82, 2.24) is 14.8 Å². The molecular weight excluding hydrogens is 559 g/mol.